The number of ether oxygens (including phenoxy) is 3. The molecule has 1 saturated heterocycles. The minimum atomic E-state index is -0.442. The number of hydrogen-bond donors (Lipinski definition) is 1. The molecule has 0 aromatic rings. The highest BCUT2D eigenvalue weighted by molar-refractivity contribution is 6.21. The maximum Gasteiger partial charge on any atom is 0.305 e. The first-order valence-corrected chi connectivity index (χ1v) is 13.9. The van der Waals surface area contributed by atoms with Crippen LogP contribution in [0.1, 0.15) is 90.9 Å². The summed E-state index contributed by atoms with van der Waals surface area (Å²) < 4.78 is 16.9. The molecule has 0 aromatic carbocycles. The number of unbranched alkanes of at least 4 members (excludes halogenated alkanes) is 2. The number of carbonyl (C=O) groups excluding carboxylic acids is 1. The number of rotatable bonds is 15. The molecule has 1 unspecified atom stereocenters. The van der Waals surface area contributed by atoms with Crippen LogP contribution in [0.5, 0.6) is 0 Å². The van der Waals surface area contributed by atoms with Crippen molar-refractivity contribution in [3.8, 4) is 0 Å². The highest BCUT2D eigenvalue weighted by atomic mass is 35.5. The van der Waals surface area contributed by atoms with E-state index >= 15 is 0 Å². The lowest BCUT2D eigenvalue weighted by Crippen LogP contribution is -2.30. The van der Waals surface area contributed by atoms with Crippen LogP contribution < -0.4 is 0 Å². The van der Waals surface area contributed by atoms with Gasteiger partial charge in [-0.1, -0.05) is 57.4 Å². The van der Waals surface area contributed by atoms with Gasteiger partial charge in [0, 0.05) is 24.3 Å². The number of esters is 1. The molecule has 2 rings (SSSR count). The first-order valence-electron chi connectivity index (χ1n) is 13.4. The van der Waals surface area contributed by atoms with Crippen LogP contribution in [-0.2, 0) is 19.0 Å². The van der Waals surface area contributed by atoms with E-state index in [2.05, 4.69) is 32.1 Å². The van der Waals surface area contributed by atoms with Crippen LogP contribution in [0.15, 0.2) is 24.3 Å². The predicted octanol–water partition coefficient (Wildman–Crippen LogP) is 6.56. The number of halogens is 1. The average Bonchev–Trinajstić information content (AvgIpc) is 3.12. The van der Waals surface area contributed by atoms with E-state index in [-0.39, 0.29) is 35.6 Å². The van der Waals surface area contributed by atoms with Gasteiger partial charge in [-0.25, -0.2) is 0 Å². The molecule has 196 valence electrons. The molecule has 0 spiro atoms. The number of hydrogen-bond acceptors (Lipinski definition) is 5. The summed E-state index contributed by atoms with van der Waals surface area (Å²) in [5, 5.41) is 10.7. The van der Waals surface area contributed by atoms with Crippen molar-refractivity contribution in [2.75, 3.05) is 13.7 Å². The molecule has 1 heterocycles. The fraction of sp³-hybridized carbons (Fsp3) is 0.821. The normalized spacial score (nSPS) is 29.6. The standard InChI is InChI=1S/C28H47ClO5/c1-4-5-12-21(2)19-22(30)16-17-24-23(13-8-6-7-9-14-27(31)32-3)25(29)20-26(24)34-28-15-10-11-18-33-28/h6,8,16-17,21-26,28,30H,4-5,7,9-15,18-20H2,1-3H3/t21-,22+,23+,24+,25+,26+,28?/m0/s1. The summed E-state index contributed by atoms with van der Waals surface area (Å²) in [6, 6.07) is 0. The lowest BCUT2D eigenvalue weighted by atomic mass is 9.89. The molecule has 0 bridgehead atoms. The molecule has 0 aromatic heterocycles. The van der Waals surface area contributed by atoms with Gasteiger partial charge in [0.25, 0.3) is 0 Å². The van der Waals surface area contributed by atoms with Gasteiger partial charge in [-0.05, 0) is 63.2 Å². The summed E-state index contributed by atoms with van der Waals surface area (Å²) in [5.41, 5.74) is 0. The Morgan fingerprint density at radius 1 is 1.26 bits per heavy atom. The molecular weight excluding hydrogens is 452 g/mol. The maximum atomic E-state index is 11.3. The van der Waals surface area contributed by atoms with Gasteiger partial charge in [0.1, 0.15) is 0 Å². The maximum absolute atomic E-state index is 11.3. The molecule has 2 aliphatic rings. The van der Waals surface area contributed by atoms with E-state index in [0.717, 1.165) is 64.4 Å². The smallest absolute Gasteiger partial charge is 0.305 e. The zero-order valence-corrected chi connectivity index (χ0v) is 22.3. The predicted molar refractivity (Wildman–Crippen MR) is 138 cm³/mol. The van der Waals surface area contributed by atoms with Crippen LogP contribution in [0.4, 0.5) is 0 Å². The Hall–Kier alpha value is -0.880. The first kappa shape index (κ1) is 29.4. The van der Waals surface area contributed by atoms with E-state index in [1.807, 2.05) is 6.08 Å². The van der Waals surface area contributed by atoms with Crippen LogP contribution in [0.2, 0.25) is 0 Å². The molecule has 1 aliphatic carbocycles. The second kappa shape index (κ2) is 16.7. The molecule has 0 radical (unpaired) electrons. The second-order valence-corrected chi connectivity index (χ2v) is 10.6. The van der Waals surface area contributed by atoms with Crippen LogP contribution >= 0.6 is 11.6 Å². The molecule has 6 heteroatoms. The Morgan fingerprint density at radius 3 is 2.79 bits per heavy atom. The van der Waals surface area contributed by atoms with Crippen LogP contribution in [0.25, 0.3) is 0 Å². The van der Waals surface area contributed by atoms with Gasteiger partial charge < -0.3 is 19.3 Å². The number of methoxy groups -OCH3 is 1. The van der Waals surface area contributed by atoms with Crippen molar-refractivity contribution in [2.24, 2.45) is 17.8 Å². The van der Waals surface area contributed by atoms with Gasteiger partial charge in [-0.15, -0.1) is 11.6 Å². The minimum Gasteiger partial charge on any atom is -0.469 e. The Kier molecular flexibility index (Phi) is 14.4. The number of aliphatic hydroxyl groups is 1. The van der Waals surface area contributed by atoms with Crippen molar-refractivity contribution >= 4 is 17.6 Å². The number of allylic oxidation sites excluding steroid dienone is 2. The third-order valence-electron chi connectivity index (χ3n) is 7.11. The Labute approximate surface area is 212 Å². The molecule has 1 N–H and O–H groups in total. The van der Waals surface area contributed by atoms with Gasteiger partial charge in [0.05, 0.1) is 19.3 Å². The zero-order chi connectivity index (χ0) is 24.8. The topological polar surface area (TPSA) is 65.0 Å². The van der Waals surface area contributed by atoms with Gasteiger partial charge in [-0.3, -0.25) is 4.79 Å². The van der Waals surface area contributed by atoms with Gasteiger partial charge >= 0.3 is 5.97 Å². The molecule has 5 nitrogen and oxygen atoms in total. The van der Waals surface area contributed by atoms with E-state index in [9.17, 15) is 9.90 Å². The van der Waals surface area contributed by atoms with Gasteiger partial charge in [-0.2, -0.15) is 0 Å². The molecule has 7 atom stereocenters. The quantitative estimate of drug-likeness (QED) is 0.120. The summed E-state index contributed by atoms with van der Waals surface area (Å²) in [4.78, 5) is 11.3. The second-order valence-electron chi connectivity index (χ2n) is 10.1. The lowest BCUT2D eigenvalue weighted by Gasteiger charge is -2.29. The summed E-state index contributed by atoms with van der Waals surface area (Å²) in [7, 11) is 1.42. The molecule has 34 heavy (non-hydrogen) atoms. The molecule has 0 amide bonds. The van der Waals surface area contributed by atoms with Crippen molar-refractivity contribution < 1.29 is 24.1 Å². The van der Waals surface area contributed by atoms with E-state index in [0.29, 0.717) is 12.3 Å². The Bertz CT molecular complexity index is 616. The highest BCUT2D eigenvalue weighted by Crippen LogP contribution is 2.42. The SMILES string of the molecule is CCCC[C@H](C)C[C@H](O)C=C[C@@H]1[C@@H](CC=CCCCC(=O)OC)[C@H](Cl)C[C@H]1OC1CCCCO1. The minimum absolute atomic E-state index is 0.00397. The summed E-state index contributed by atoms with van der Waals surface area (Å²) in [6.07, 6.45) is 19.1. The first-order chi connectivity index (χ1) is 16.4. The van der Waals surface area contributed by atoms with Crippen molar-refractivity contribution in [2.45, 2.75) is 115 Å². The largest absolute Gasteiger partial charge is 0.469 e. The highest BCUT2D eigenvalue weighted by Gasteiger charge is 2.42. The molecule has 1 saturated carbocycles. The van der Waals surface area contributed by atoms with Gasteiger partial charge in [0.2, 0.25) is 0 Å². The van der Waals surface area contributed by atoms with Crippen molar-refractivity contribution in [3.05, 3.63) is 24.3 Å². The van der Waals surface area contributed by atoms with E-state index in [1.54, 1.807) is 0 Å². The number of aliphatic hydroxyl groups excluding tert-OH is 1. The van der Waals surface area contributed by atoms with E-state index < -0.39 is 6.10 Å². The fourth-order valence-corrected chi connectivity index (χ4v) is 5.50. The lowest BCUT2D eigenvalue weighted by molar-refractivity contribution is -0.192. The van der Waals surface area contributed by atoms with Crippen LogP contribution in [-0.4, -0.2) is 48.7 Å². The summed E-state index contributed by atoms with van der Waals surface area (Å²) >= 11 is 6.83. The molecular formula is C28H47ClO5. The van der Waals surface area contributed by atoms with Crippen molar-refractivity contribution in [1.82, 2.24) is 0 Å². The van der Waals surface area contributed by atoms with Crippen LogP contribution in [0.3, 0.4) is 0 Å². The van der Waals surface area contributed by atoms with Crippen LogP contribution in [0, 0.1) is 17.8 Å². The Morgan fingerprint density at radius 2 is 2.09 bits per heavy atom. The monoisotopic (exact) mass is 498 g/mol. The van der Waals surface area contributed by atoms with E-state index in [4.69, 9.17) is 25.8 Å². The van der Waals surface area contributed by atoms with E-state index in [1.165, 1.54) is 20.0 Å². The zero-order valence-electron chi connectivity index (χ0n) is 21.5. The molecule has 1 aliphatic heterocycles. The molecule has 2 fully saturated rings. The third-order valence-corrected chi connectivity index (χ3v) is 7.62. The number of alkyl halides is 1. The van der Waals surface area contributed by atoms with Crippen molar-refractivity contribution in [1.29, 1.82) is 0 Å². The summed E-state index contributed by atoms with van der Waals surface area (Å²) in [5.74, 6) is 0.736. The number of carbonyl (C=O) groups is 1. The van der Waals surface area contributed by atoms with Crippen molar-refractivity contribution in [3.63, 3.8) is 0 Å². The average molecular weight is 499 g/mol. The van der Waals surface area contributed by atoms with Gasteiger partial charge in [0.15, 0.2) is 6.29 Å². The Balaban J connectivity index is 1.97. The third kappa shape index (κ3) is 10.8. The fourth-order valence-electron chi connectivity index (χ4n) is 5.06. The summed E-state index contributed by atoms with van der Waals surface area (Å²) in [6.45, 7) is 5.18.